The number of esters is 1. The highest BCUT2D eigenvalue weighted by Gasteiger charge is 2.17. The van der Waals surface area contributed by atoms with Gasteiger partial charge in [0.2, 0.25) is 10.0 Å². The van der Waals surface area contributed by atoms with Crippen LogP contribution in [0.15, 0.2) is 57.9 Å². The molecule has 2 rings (SSSR count). The Morgan fingerprint density at radius 2 is 1.96 bits per heavy atom. The van der Waals surface area contributed by atoms with E-state index >= 15 is 0 Å². The third-order valence-corrected chi connectivity index (χ3v) is 5.72. The molecule has 0 aliphatic rings. The standard InChI is InChI=1S/C18H17BrFNO4S/c1-21(2)26(23,24)16-5-3-4-13(10-16)12-25-18(22)9-6-14-11-15(19)7-8-17(14)20/h3-11H,12H2,1-2H3/b9-6+. The molecule has 0 saturated carbocycles. The second-order valence-corrected chi connectivity index (χ2v) is 8.61. The predicted molar refractivity (Wildman–Crippen MR) is 100 cm³/mol. The SMILES string of the molecule is CN(C)S(=O)(=O)c1cccc(COC(=O)/C=C/c2cc(Br)ccc2F)c1. The number of halogens is 2. The van der Waals surface area contributed by atoms with E-state index in [0.717, 1.165) is 10.4 Å². The van der Waals surface area contributed by atoms with E-state index in [1.165, 1.54) is 44.4 Å². The van der Waals surface area contributed by atoms with E-state index in [9.17, 15) is 17.6 Å². The van der Waals surface area contributed by atoms with Crippen molar-refractivity contribution in [3.05, 3.63) is 70.0 Å². The monoisotopic (exact) mass is 441 g/mol. The molecular weight excluding hydrogens is 425 g/mol. The number of hydrogen-bond donors (Lipinski definition) is 0. The van der Waals surface area contributed by atoms with Crippen molar-refractivity contribution in [1.29, 1.82) is 0 Å². The Morgan fingerprint density at radius 1 is 1.23 bits per heavy atom. The molecule has 0 aliphatic carbocycles. The molecule has 26 heavy (non-hydrogen) atoms. The van der Waals surface area contributed by atoms with Crippen molar-refractivity contribution in [3.8, 4) is 0 Å². The Kier molecular flexibility index (Phi) is 6.69. The molecule has 0 N–H and O–H groups in total. The minimum Gasteiger partial charge on any atom is -0.458 e. The van der Waals surface area contributed by atoms with Gasteiger partial charge < -0.3 is 4.74 Å². The first kappa shape index (κ1) is 20.3. The fourth-order valence-corrected chi connectivity index (χ4v) is 3.36. The first-order valence-electron chi connectivity index (χ1n) is 7.51. The quantitative estimate of drug-likeness (QED) is 0.507. The summed E-state index contributed by atoms with van der Waals surface area (Å²) >= 11 is 3.23. The third kappa shape index (κ3) is 5.23. The molecule has 2 aromatic rings. The summed E-state index contributed by atoms with van der Waals surface area (Å²) in [6.45, 7) is -0.0963. The zero-order chi connectivity index (χ0) is 19.3. The predicted octanol–water partition coefficient (Wildman–Crippen LogP) is 3.60. The van der Waals surface area contributed by atoms with E-state index in [0.29, 0.717) is 10.0 Å². The highest BCUT2D eigenvalue weighted by Crippen LogP contribution is 2.17. The summed E-state index contributed by atoms with van der Waals surface area (Å²) in [5.74, 6) is -1.12. The zero-order valence-electron chi connectivity index (χ0n) is 14.1. The first-order chi connectivity index (χ1) is 12.2. The van der Waals surface area contributed by atoms with Crippen LogP contribution < -0.4 is 0 Å². The van der Waals surface area contributed by atoms with E-state index in [2.05, 4.69) is 15.9 Å². The Morgan fingerprint density at radius 3 is 2.65 bits per heavy atom. The highest BCUT2D eigenvalue weighted by molar-refractivity contribution is 9.10. The first-order valence-corrected chi connectivity index (χ1v) is 9.75. The van der Waals surface area contributed by atoms with Gasteiger partial charge in [-0.05, 0) is 42.0 Å². The molecular formula is C18H17BrFNO4S. The van der Waals surface area contributed by atoms with Crippen LogP contribution in [0.1, 0.15) is 11.1 Å². The van der Waals surface area contributed by atoms with Crippen molar-refractivity contribution >= 4 is 38.0 Å². The van der Waals surface area contributed by atoms with Gasteiger partial charge in [-0.1, -0.05) is 28.1 Å². The minimum atomic E-state index is -3.56. The second kappa shape index (κ2) is 8.57. The van der Waals surface area contributed by atoms with E-state index < -0.39 is 21.8 Å². The Hall–Kier alpha value is -2.03. The smallest absolute Gasteiger partial charge is 0.331 e. The van der Waals surface area contributed by atoms with Gasteiger partial charge in [-0.25, -0.2) is 21.9 Å². The molecule has 0 aliphatic heterocycles. The Balaban J connectivity index is 2.04. The average molecular weight is 442 g/mol. The lowest BCUT2D eigenvalue weighted by molar-refractivity contribution is -0.138. The second-order valence-electron chi connectivity index (χ2n) is 5.54. The zero-order valence-corrected chi connectivity index (χ0v) is 16.6. The van der Waals surface area contributed by atoms with Crippen LogP contribution in [0.2, 0.25) is 0 Å². The van der Waals surface area contributed by atoms with Crippen molar-refractivity contribution in [1.82, 2.24) is 4.31 Å². The number of hydrogen-bond acceptors (Lipinski definition) is 4. The number of carbonyl (C=O) groups is 1. The van der Waals surface area contributed by atoms with Crippen LogP contribution in [0.4, 0.5) is 4.39 Å². The molecule has 0 saturated heterocycles. The molecule has 0 radical (unpaired) electrons. The lowest BCUT2D eigenvalue weighted by Crippen LogP contribution is -2.22. The highest BCUT2D eigenvalue weighted by atomic mass is 79.9. The van der Waals surface area contributed by atoms with Crippen LogP contribution in [-0.4, -0.2) is 32.8 Å². The molecule has 8 heteroatoms. The van der Waals surface area contributed by atoms with Crippen LogP contribution in [0.5, 0.6) is 0 Å². The summed E-state index contributed by atoms with van der Waals surface area (Å²) < 4.78 is 44.7. The lowest BCUT2D eigenvalue weighted by Gasteiger charge is -2.12. The van der Waals surface area contributed by atoms with E-state index in [-0.39, 0.29) is 17.1 Å². The molecule has 0 spiro atoms. The molecule has 2 aromatic carbocycles. The molecule has 0 fully saturated rings. The summed E-state index contributed by atoms with van der Waals surface area (Å²) in [6.07, 6.45) is 2.43. The van der Waals surface area contributed by atoms with Crippen LogP contribution in [0.25, 0.3) is 6.08 Å². The number of benzene rings is 2. The van der Waals surface area contributed by atoms with Crippen molar-refractivity contribution in [3.63, 3.8) is 0 Å². The summed E-state index contributed by atoms with van der Waals surface area (Å²) in [6, 6.07) is 10.5. The van der Waals surface area contributed by atoms with Gasteiger partial charge in [0, 0.05) is 30.2 Å². The van der Waals surface area contributed by atoms with E-state index in [1.807, 2.05) is 0 Å². The topological polar surface area (TPSA) is 63.7 Å². The van der Waals surface area contributed by atoms with E-state index in [1.54, 1.807) is 18.2 Å². The van der Waals surface area contributed by atoms with Crippen molar-refractivity contribution in [2.75, 3.05) is 14.1 Å². The number of sulfonamides is 1. The number of nitrogens with zero attached hydrogens (tertiary/aromatic N) is 1. The van der Waals surface area contributed by atoms with Gasteiger partial charge in [0.25, 0.3) is 0 Å². The lowest BCUT2D eigenvalue weighted by atomic mass is 10.2. The van der Waals surface area contributed by atoms with Gasteiger partial charge in [-0.2, -0.15) is 0 Å². The summed E-state index contributed by atoms with van der Waals surface area (Å²) in [4.78, 5) is 11.9. The number of ether oxygens (including phenoxy) is 1. The summed E-state index contributed by atoms with van der Waals surface area (Å²) in [5.41, 5.74) is 0.777. The fourth-order valence-electron chi connectivity index (χ4n) is 2.01. The maximum atomic E-state index is 13.6. The van der Waals surface area contributed by atoms with Crippen molar-refractivity contribution < 1.29 is 22.3 Å². The van der Waals surface area contributed by atoms with Gasteiger partial charge in [-0.3, -0.25) is 0 Å². The van der Waals surface area contributed by atoms with Crippen LogP contribution >= 0.6 is 15.9 Å². The summed E-state index contributed by atoms with van der Waals surface area (Å²) in [5, 5.41) is 0. The van der Waals surface area contributed by atoms with Gasteiger partial charge in [0.05, 0.1) is 4.90 Å². The molecule has 5 nitrogen and oxygen atoms in total. The maximum absolute atomic E-state index is 13.6. The average Bonchev–Trinajstić information content (AvgIpc) is 2.60. The Bertz CT molecular complexity index is 942. The van der Waals surface area contributed by atoms with Crippen molar-refractivity contribution in [2.45, 2.75) is 11.5 Å². The van der Waals surface area contributed by atoms with Crippen LogP contribution in [0, 0.1) is 5.82 Å². The molecule has 138 valence electrons. The molecule has 0 heterocycles. The molecule has 0 unspecified atom stereocenters. The fraction of sp³-hybridized carbons (Fsp3) is 0.167. The molecule has 0 atom stereocenters. The van der Waals surface area contributed by atoms with Crippen molar-refractivity contribution in [2.24, 2.45) is 0 Å². The number of carbonyl (C=O) groups excluding carboxylic acids is 1. The molecule has 0 aromatic heterocycles. The summed E-state index contributed by atoms with van der Waals surface area (Å²) in [7, 11) is -0.684. The van der Waals surface area contributed by atoms with Gasteiger partial charge in [-0.15, -0.1) is 0 Å². The van der Waals surface area contributed by atoms with Gasteiger partial charge in [0.1, 0.15) is 12.4 Å². The largest absolute Gasteiger partial charge is 0.458 e. The minimum absolute atomic E-state index is 0.0963. The van der Waals surface area contributed by atoms with Gasteiger partial charge >= 0.3 is 5.97 Å². The van der Waals surface area contributed by atoms with E-state index in [4.69, 9.17) is 4.74 Å². The molecule has 0 bridgehead atoms. The van der Waals surface area contributed by atoms with Crippen LogP contribution in [-0.2, 0) is 26.2 Å². The normalized spacial score (nSPS) is 11.9. The van der Waals surface area contributed by atoms with Gasteiger partial charge in [0.15, 0.2) is 0 Å². The number of rotatable bonds is 6. The maximum Gasteiger partial charge on any atom is 0.331 e. The molecule has 0 amide bonds. The van der Waals surface area contributed by atoms with Crippen LogP contribution in [0.3, 0.4) is 0 Å². The Labute approximate surface area is 160 Å². The third-order valence-electron chi connectivity index (χ3n) is 3.42.